The van der Waals surface area contributed by atoms with Crippen molar-refractivity contribution in [3.05, 3.63) is 48.6 Å². The molecule has 1 atom stereocenters. The van der Waals surface area contributed by atoms with Gasteiger partial charge in [0.25, 0.3) is 0 Å². The Labute approximate surface area is 293 Å². The fraction of sp³-hybridized carbons (Fsp3) is 0.744. The molecule has 0 saturated heterocycles. The van der Waals surface area contributed by atoms with Gasteiger partial charge < -0.3 is 19.3 Å². The highest BCUT2D eigenvalue weighted by Gasteiger charge is 2.22. The zero-order valence-corrected chi connectivity index (χ0v) is 31.3. The van der Waals surface area contributed by atoms with Crippen molar-refractivity contribution in [2.45, 2.75) is 174 Å². The van der Waals surface area contributed by atoms with Crippen molar-refractivity contribution in [3.8, 4) is 0 Å². The molecule has 0 radical (unpaired) electrons. The van der Waals surface area contributed by atoms with Crippen LogP contribution < -0.4 is 0 Å². The summed E-state index contributed by atoms with van der Waals surface area (Å²) in [6.45, 7) is 3.51. The van der Waals surface area contributed by atoms with Gasteiger partial charge in [0.2, 0.25) is 0 Å². The Kier molecular flexibility index (Phi) is 33.4. The topological polar surface area (TPSA) is 119 Å². The highest BCUT2D eigenvalue weighted by Crippen LogP contribution is 2.36. The van der Waals surface area contributed by atoms with Crippen molar-refractivity contribution in [1.29, 1.82) is 0 Å². The number of rotatable bonds is 34. The highest BCUT2D eigenvalue weighted by molar-refractivity contribution is 7.46. The second-order valence-electron chi connectivity index (χ2n) is 12.6. The summed E-state index contributed by atoms with van der Waals surface area (Å²) in [5, 5.41) is 0. The summed E-state index contributed by atoms with van der Waals surface area (Å²) in [4.78, 5) is 42.7. The Hall–Kier alpha value is -1.99. The molecule has 8 nitrogen and oxygen atoms in total. The molecule has 2 N–H and O–H groups in total. The van der Waals surface area contributed by atoms with E-state index in [1.807, 2.05) is 18.2 Å². The number of carbonyl (C=O) groups excluding carboxylic acids is 2. The lowest BCUT2D eigenvalue weighted by molar-refractivity contribution is -0.161. The average molecular weight is 697 g/mol. The smallest absolute Gasteiger partial charge is 0.462 e. The number of ether oxygens (including phenoxy) is 2. The van der Waals surface area contributed by atoms with Crippen LogP contribution in [0, 0.1) is 0 Å². The van der Waals surface area contributed by atoms with Gasteiger partial charge in [0.1, 0.15) is 6.61 Å². The first-order valence-corrected chi connectivity index (χ1v) is 20.5. The number of hydrogen-bond acceptors (Lipinski definition) is 6. The van der Waals surface area contributed by atoms with Gasteiger partial charge in [-0.15, -0.1) is 0 Å². The monoisotopic (exact) mass is 696 g/mol. The standard InChI is InChI=1S/C39H69O8P/c1-3-5-7-9-11-13-15-17-18-19-20-22-23-25-27-29-31-33-38(40)45-35-37(36-46-48(42,43)44)47-39(41)34-32-30-28-26-24-21-16-14-12-10-8-6-4-2/h6,8,10,12,14,16-18,37H,3-5,7,9,11,13,15,19-36H2,1-2H3,(H2,42,43,44)/b8-6+,12-10+,16-14+,18-17+. The van der Waals surface area contributed by atoms with E-state index in [9.17, 15) is 14.2 Å². The van der Waals surface area contributed by atoms with Gasteiger partial charge in [-0.25, -0.2) is 4.57 Å². The molecule has 0 saturated carbocycles. The van der Waals surface area contributed by atoms with Crippen LogP contribution in [-0.4, -0.2) is 41.0 Å². The zero-order valence-electron chi connectivity index (χ0n) is 30.4. The summed E-state index contributed by atoms with van der Waals surface area (Å²) in [5.41, 5.74) is 0. The summed E-state index contributed by atoms with van der Waals surface area (Å²) in [7, 11) is -4.76. The van der Waals surface area contributed by atoms with Crippen molar-refractivity contribution >= 4 is 19.8 Å². The molecule has 0 aromatic heterocycles. The predicted octanol–water partition coefficient (Wildman–Crippen LogP) is 11.2. The molecule has 0 aromatic carbocycles. The maximum atomic E-state index is 12.3. The molecule has 0 aromatic rings. The van der Waals surface area contributed by atoms with E-state index in [0.717, 1.165) is 64.2 Å². The minimum atomic E-state index is -4.76. The third kappa shape index (κ3) is 36.8. The van der Waals surface area contributed by atoms with E-state index in [2.05, 4.69) is 48.8 Å². The van der Waals surface area contributed by atoms with Crippen LogP contribution in [-0.2, 0) is 28.2 Å². The normalized spacial score (nSPS) is 13.0. The highest BCUT2D eigenvalue weighted by atomic mass is 31.2. The lowest BCUT2D eigenvalue weighted by Gasteiger charge is -2.18. The fourth-order valence-electron chi connectivity index (χ4n) is 5.07. The van der Waals surface area contributed by atoms with Crippen LogP contribution in [0.2, 0.25) is 0 Å². The van der Waals surface area contributed by atoms with Gasteiger partial charge >= 0.3 is 19.8 Å². The first-order valence-electron chi connectivity index (χ1n) is 19.0. The number of esters is 2. The maximum Gasteiger partial charge on any atom is 0.469 e. The van der Waals surface area contributed by atoms with Gasteiger partial charge in [0.15, 0.2) is 6.10 Å². The van der Waals surface area contributed by atoms with Crippen LogP contribution in [0.3, 0.4) is 0 Å². The zero-order chi connectivity index (χ0) is 35.4. The Balaban J connectivity index is 3.98. The molecule has 48 heavy (non-hydrogen) atoms. The number of unbranched alkanes of at least 4 members (excludes halogenated alkanes) is 18. The van der Waals surface area contributed by atoms with Gasteiger partial charge in [-0.1, -0.05) is 146 Å². The molecule has 0 fully saturated rings. The minimum Gasteiger partial charge on any atom is -0.462 e. The average Bonchev–Trinajstić information content (AvgIpc) is 3.05. The van der Waals surface area contributed by atoms with E-state index in [1.54, 1.807) is 0 Å². The molecule has 0 aliphatic rings. The van der Waals surface area contributed by atoms with Crippen LogP contribution in [0.15, 0.2) is 48.6 Å². The van der Waals surface area contributed by atoms with Crippen molar-refractivity contribution in [3.63, 3.8) is 0 Å². The Morgan fingerprint density at radius 2 is 1.02 bits per heavy atom. The second-order valence-corrected chi connectivity index (χ2v) is 13.8. The van der Waals surface area contributed by atoms with Gasteiger partial charge in [-0.2, -0.15) is 0 Å². The number of phosphoric acid groups is 1. The molecule has 0 spiro atoms. The third-order valence-electron chi connectivity index (χ3n) is 7.89. The molecular formula is C39H69O8P. The first-order chi connectivity index (χ1) is 23.3. The SMILES string of the molecule is CC/C=C/C=C/C=C/CCCCCCCC(=O)OC(COC(=O)CCCCCCCCC/C=C/CCCCCCCC)COP(=O)(O)O. The molecule has 1 unspecified atom stereocenters. The minimum absolute atomic E-state index is 0.187. The van der Waals surface area contributed by atoms with Crippen LogP contribution >= 0.6 is 7.82 Å². The Morgan fingerprint density at radius 3 is 1.54 bits per heavy atom. The summed E-state index contributed by atoms with van der Waals surface area (Å²) < 4.78 is 26.3. The third-order valence-corrected chi connectivity index (χ3v) is 8.38. The van der Waals surface area contributed by atoms with Crippen molar-refractivity contribution in [2.24, 2.45) is 0 Å². The number of phosphoric ester groups is 1. The quantitative estimate of drug-likeness (QED) is 0.0224. The van der Waals surface area contributed by atoms with Gasteiger partial charge in [-0.05, 0) is 57.8 Å². The fourth-order valence-corrected chi connectivity index (χ4v) is 5.43. The maximum absolute atomic E-state index is 12.3. The lowest BCUT2D eigenvalue weighted by Crippen LogP contribution is -2.29. The Bertz CT molecular complexity index is 921. The summed E-state index contributed by atoms with van der Waals surface area (Å²) in [6, 6.07) is 0. The largest absolute Gasteiger partial charge is 0.469 e. The number of carbonyl (C=O) groups is 2. The van der Waals surface area contributed by atoms with E-state index in [4.69, 9.17) is 19.3 Å². The lowest BCUT2D eigenvalue weighted by atomic mass is 10.1. The molecule has 9 heteroatoms. The van der Waals surface area contributed by atoms with E-state index >= 15 is 0 Å². The number of allylic oxidation sites excluding steroid dienone is 8. The summed E-state index contributed by atoms with van der Waals surface area (Å²) >= 11 is 0. The molecule has 0 rings (SSSR count). The molecular weight excluding hydrogens is 627 g/mol. The van der Waals surface area contributed by atoms with Crippen LogP contribution in [0.25, 0.3) is 0 Å². The van der Waals surface area contributed by atoms with Gasteiger partial charge in [-0.3, -0.25) is 14.1 Å². The molecule has 0 bridgehead atoms. The number of hydrogen-bond donors (Lipinski definition) is 2. The molecule has 0 aliphatic heterocycles. The van der Waals surface area contributed by atoms with Crippen molar-refractivity contribution in [1.82, 2.24) is 0 Å². The van der Waals surface area contributed by atoms with Crippen LogP contribution in [0.1, 0.15) is 168 Å². The van der Waals surface area contributed by atoms with E-state index in [-0.39, 0.29) is 19.4 Å². The second kappa shape index (κ2) is 34.9. The molecule has 0 amide bonds. The first kappa shape index (κ1) is 46.0. The van der Waals surface area contributed by atoms with Gasteiger partial charge in [0.05, 0.1) is 6.61 Å². The van der Waals surface area contributed by atoms with E-state index in [0.29, 0.717) is 12.8 Å². The molecule has 0 heterocycles. The van der Waals surface area contributed by atoms with Crippen molar-refractivity contribution in [2.75, 3.05) is 13.2 Å². The van der Waals surface area contributed by atoms with Crippen LogP contribution in [0.4, 0.5) is 0 Å². The molecule has 0 aliphatic carbocycles. The van der Waals surface area contributed by atoms with Gasteiger partial charge in [0, 0.05) is 12.8 Å². The molecule has 278 valence electrons. The predicted molar refractivity (Wildman–Crippen MR) is 198 cm³/mol. The van der Waals surface area contributed by atoms with E-state index < -0.39 is 32.5 Å². The van der Waals surface area contributed by atoms with E-state index in [1.165, 1.54) is 64.2 Å². The Morgan fingerprint density at radius 1 is 0.562 bits per heavy atom. The van der Waals surface area contributed by atoms with Crippen molar-refractivity contribution < 1.29 is 37.9 Å². The summed E-state index contributed by atoms with van der Waals surface area (Å²) in [6.07, 6.45) is 41.2. The van der Waals surface area contributed by atoms with Crippen LogP contribution in [0.5, 0.6) is 0 Å². The summed E-state index contributed by atoms with van der Waals surface area (Å²) in [5.74, 6) is -0.916.